The topological polar surface area (TPSA) is 50.8 Å². The zero-order valence-corrected chi connectivity index (χ0v) is 13.6. The second-order valence-electron chi connectivity index (χ2n) is 5.88. The van der Waals surface area contributed by atoms with Gasteiger partial charge in [-0.1, -0.05) is 6.92 Å². The van der Waals surface area contributed by atoms with Crippen LogP contribution in [0.3, 0.4) is 0 Å². The molecular weight excluding hydrogens is 256 g/mol. The van der Waals surface area contributed by atoms with Crippen molar-refractivity contribution >= 4 is 5.97 Å². The largest absolute Gasteiger partial charge is 0.468 e. The molecule has 0 aliphatic carbocycles. The summed E-state index contributed by atoms with van der Waals surface area (Å²) in [7, 11) is 3.25. The van der Waals surface area contributed by atoms with Gasteiger partial charge < -0.3 is 14.8 Å². The van der Waals surface area contributed by atoms with Crippen LogP contribution in [0.25, 0.3) is 0 Å². The fourth-order valence-corrected chi connectivity index (χ4v) is 2.75. The Kier molecular flexibility index (Phi) is 6.92. The van der Waals surface area contributed by atoms with Gasteiger partial charge in [0.25, 0.3) is 0 Å². The molecule has 3 atom stereocenters. The molecule has 0 radical (unpaired) electrons. The van der Waals surface area contributed by atoms with Crippen LogP contribution in [0, 0.1) is 0 Å². The van der Waals surface area contributed by atoms with E-state index in [-0.39, 0.29) is 5.97 Å². The summed E-state index contributed by atoms with van der Waals surface area (Å²) < 4.78 is 10.6. The molecule has 0 aromatic heterocycles. The summed E-state index contributed by atoms with van der Waals surface area (Å²) in [6.45, 7) is 9.01. The van der Waals surface area contributed by atoms with Gasteiger partial charge in [0.2, 0.25) is 0 Å². The molecule has 0 aromatic carbocycles. The number of rotatable bonds is 7. The number of carbonyl (C=O) groups is 1. The number of morpholine rings is 1. The lowest BCUT2D eigenvalue weighted by molar-refractivity contribution is -0.148. The van der Waals surface area contributed by atoms with E-state index in [1.54, 1.807) is 0 Å². The van der Waals surface area contributed by atoms with Crippen molar-refractivity contribution < 1.29 is 14.3 Å². The molecule has 1 aliphatic rings. The van der Waals surface area contributed by atoms with Crippen molar-refractivity contribution in [2.75, 3.05) is 33.9 Å². The molecule has 5 nitrogen and oxygen atoms in total. The Morgan fingerprint density at radius 1 is 1.55 bits per heavy atom. The van der Waals surface area contributed by atoms with Crippen molar-refractivity contribution in [3.63, 3.8) is 0 Å². The molecule has 1 saturated heterocycles. The first-order chi connectivity index (χ1) is 9.46. The van der Waals surface area contributed by atoms with E-state index in [1.165, 1.54) is 7.11 Å². The van der Waals surface area contributed by atoms with E-state index in [1.807, 2.05) is 14.0 Å². The third kappa shape index (κ3) is 4.43. The highest BCUT2D eigenvalue weighted by molar-refractivity contribution is 5.80. The second kappa shape index (κ2) is 7.96. The van der Waals surface area contributed by atoms with E-state index in [0.29, 0.717) is 12.1 Å². The molecule has 0 aromatic rings. The summed E-state index contributed by atoms with van der Waals surface area (Å²) in [5.41, 5.74) is -0.589. The van der Waals surface area contributed by atoms with Crippen LogP contribution >= 0.6 is 0 Å². The average Bonchev–Trinajstić information content (AvgIpc) is 2.46. The van der Waals surface area contributed by atoms with E-state index in [4.69, 9.17) is 9.47 Å². The molecule has 118 valence electrons. The van der Waals surface area contributed by atoms with E-state index >= 15 is 0 Å². The monoisotopic (exact) mass is 286 g/mol. The Balaban J connectivity index is 2.47. The lowest BCUT2D eigenvalue weighted by Gasteiger charge is -2.38. The van der Waals surface area contributed by atoms with Crippen molar-refractivity contribution in [2.24, 2.45) is 0 Å². The maximum Gasteiger partial charge on any atom is 0.325 e. The van der Waals surface area contributed by atoms with Crippen LogP contribution in [0.5, 0.6) is 0 Å². The van der Waals surface area contributed by atoms with Gasteiger partial charge in [0.05, 0.1) is 19.8 Å². The number of methoxy groups -OCH3 is 1. The molecule has 1 N–H and O–H groups in total. The molecule has 1 fully saturated rings. The van der Waals surface area contributed by atoms with Crippen molar-refractivity contribution in [1.82, 2.24) is 10.2 Å². The molecule has 20 heavy (non-hydrogen) atoms. The number of ether oxygens (including phenoxy) is 2. The highest BCUT2D eigenvalue weighted by Crippen LogP contribution is 2.18. The smallest absolute Gasteiger partial charge is 0.325 e. The molecule has 1 heterocycles. The molecule has 0 saturated carbocycles. The molecule has 1 aliphatic heterocycles. The van der Waals surface area contributed by atoms with Crippen LogP contribution in [0.1, 0.15) is 40.0 Å². The highest BCUT2D eigenvalue weighted by atomic mass is 16.5. The third-order valence-electron chi connectivity index (χ3n) is 4.36. The van der Waals surface area contributed by atoms with Crippen LogP contribution < -0.4 is 5.32 Å². The molecule has 0 amide bonds. The van der Waals surface area contributed by atoms with Crippen LogP contribution in [0.2, 0.25) is 0 Å². The number of likely N-dealkylation sites (N-methyl/N-ethyl adjacent to an activating group) is 1. The van der Waals surface area contributed by atoms with Gasteiger partial charge in [0.15, 0.2) is 0 Å². The Morgan fingerprint density at radius 3 is 2.80 bits per heavy atom. The van der Waals surface area contributed by atoms with E-state index in [9.17, 15) is 4.79 Å². The SMILES string of the molecule is CCC1COC(C)CN1CCCC(C)(NC)C(=O)OC. The maximum atomic E-state index is 11.8. The van der Waals surface area contributed by atoms with Crippen LogP contribution in [0.15, 0.2) is 0 Å². The van der Waals surface area contributed by atoms with Gasteiger partial charge >= 0.3 is 5.97 Å². The Labute approximate surface area is 123 Å². The minimum absolute atomic E-state index is 0.192. The predicted molar refractivity (Wildman–Crippen MR) is 79.8 cm³/mol. The van der Waals surface area contributed by atoms with Crippen molar-refractivity contribution in [2.45, 2.75) is 57.7 Å². The van der Waals surface area contributed by atoms with E-state index in [2.05, 4.69) is 24.1 Å². The summed E-state index contributed by atoms with van der Waals surface area (Å²) in [4.78, 5) is 14.3. The molecule has 1 rings (SSSR count). The first-order valence-corrected chi connectivity index (χ1v) is 7.59. The van der Waals surface area contributed by atoms with Crippen molar-refractivity contribution in [3.05, 3.63) is 0 Å². The Hall–Kier alpha value is -0.650. The minimum atomic E-state index is -0.589. The van der Waals surface area contributed by atoms with Gasteiger partial charge in [-0.2, -0.15) is 0 Å². The highest BCUT2D eigenvalue weighted by Gasteiger charge is 2.33. The number of carbonyl (C=O) groups excluding carboxylic acids is 1. The minimum Gasteiger partial charge on any atom is -0.468 e. The number of hydrogen-bond acceptors (Lipinski definition) is 5. The second-order valence-corrected chi connectivity index (χ2v) is 5.88. The van der Waals surface area contributed by atoms with Gasteiger partial charge in [-0.15, -0.1) is 0 Å². The number of esters is 1. The van der Waals surface area contributed by atoms with Crippen LogP contribution in [-0.4, -0.2) is 62.4 Å². The Bertz CT molecular complexity index is 311. The van der Waals surface area contributed by atoms with E-state index < -0.39 is 5.54 Å². The number of nitrogens with one attached hydrogen (secondary N) is 1. The quantitative estimate of drug-likeness (QED) is 0.717. The molecule has 0 bridgehead atoms. The average molecular weight is 286 g/mol. The predicted octanol–water partition coefficient (Wildman–Crippen LogP) is 1.42. The van der Waals surface area contributed by atoms with Gasteiger partial charge in [-0.25, -0.2) is 0 Å². The first-order valence-electron chi connectivity index (χ1n) is 7.59. The zero-order chi connectivity index (χ0) is 15.2. The van der Waals surface area contributed by atoms with Crippen molar-refractivity contribution in [1.29, 1.82) is 0 Å². The fourth-order valence-electron chi connectivity index (χ4n) is 2.75. The summed E-state index contributed by atoms with van der Waals surface area (Å²) in [5.74, 6) is -0.192. The third-order valence-corrected chi connectivity index (χ3v) is 4.36. The normalized spacial score (nSPS) is 27.1. The van der Waals surface area contributed by atoms with Gasteiger partial charge in [-0.3, -0.25) is 9.69 Å². The van der Waals surface area contributed by atoms with Crippen LogP contribution in [-0.2, 0) is 14.3 Å². The zero-order valence-electron chi connectivity index (χ0n) is 13.6. The summed E-state index contributed by atoms with van der Waals surface area (Å²) in [6, 6.07) is 0.505. The lowest BCUT2D eigenvalue weighted by atomic mass is 9.95. The maximum absolute atomic E-state index is 11.8. The standard InChI is InChI=1S/C15H30N2O3/c1-6-13-11-20-12(2)10-17(13)9-7-8-15(3,16-4)14(18)19-5/h12-13,16H,6-11H2,1-5H3. The van der Waals surface area contributed by atoms with Crippen molar-refractivity contribution in [3.8, 4) is 0 Å². The summed E-state index contributed by atoms with van der Waals surface area (Å²) in [5, 5.41) is 3.08. The summed E-state index contributed by atoms with van der Waals surface area (Å²) >= 11 is 0. The number of nitrogens with zero attached hydrogens (tertiary/aromatic N) is 1. The summed E-state index contributed by atoms with van der Waals surface area (Å²) in [6.07, 6.45) is 3.15. The Morgan fingerprint density at radius 2 is 2.25 bits per heavy atom. The first kappa shape index (κ1) is 17.4. The molecule has 5 heteroatoms. The van der Waals surface area contributed by atoms with Gasteiger partial charge in [0, 0.05) is 12.6 Å². The van der Waals surface area contributed by atoms with Gasteiger partial charge in [0.1, 0.15) is 5.54 Å². The van der Waals surface area contributed by atoms with E-state index in [0.717, 1.165) is 39.0 Å². The number of hydrogen-bond donors (Lipinski definition) is 1. The fraction of sp³-hybridized carbons (Fsp3) is 0.933. The molecular formula is C15H30N2O3. The molecule has 0 spiro atoms. The van der Waals surface area contributed by atoms with Crippen LogP contribution in [0.4, 0.5) is 0 Å². The lowest BCUT2D eigenvalue weighted by Crippen LogP contribution is -2.51. The molecule has 3 unspecified atom stereocenters. The van der Waals surface area contributed by atoms with Gasteiger partial charge in [-0.05, 0) is 46.7 Å².